The molecule has 2 aliphatic rings. The molecule has 0 amide bonds. The van der Waals surface area contributed by atoms with Crippen LogP contribution in [0.25, 0.3) is 0 Å². The number of rotatable bonds is 6. The van der Waals surface area contributed by atoms with Crippen LogP contribution in [0.4, 0.5) is 4.39 Å². The van der Waals surface area contributed by atoms with Crippen LogP contribution in [-0.4, -0.2) is 36.2 Å². The molecule has 1 saturated heterocycles. The molecule has 3 nitrogen and oxygen atoms in total. The van der Waals surface area contributed by atoms with Crippen molar-refractivity contribution in [3.8, 4) is 11.5 Å². The van der Waals surface area contributed by atoms with Crippen LogP contribution < -0.4 is 4.74 Å². The van der Waals surface area contributed by atoms with E-state index in [-0.39, 0.29) is 17.7 Å². The number of hydrogen-bond acceptors (Lipinski definition) is 3. The lowest BCUT2D eigenvalue weighted by molar-refractivity contribution is 0.237. The summed E-state index contributed by atoms with van der Waals surface area (Å²) >= 11 is 0. The number of ether oxygens (including phenoxy) is 1. The number of phenols is 1. The molecular formula is C28H30FNO2. The molecule has 1 aliphatic carbocycles. The molecule has 0 bridgehead atoms. The summed E-state index contributed by atoms with van der Waals surface area (Å²) in [6.45, 7) is 4.06. The predicted octanol–water partition coefficient (Wildman–Crippen LogP) is 5.87. The molecule has 0 radical (unpaired) electrons. The van der Waals surface area contributed by atoms with E-state index >= 15 is 0 Å². The fourth-order valence-electron chi connectivity index (χ4n) is 5.36. The zero-order valence-corrected chi connectivity index (χ0v) is 18.3. The highest BCUT2D eigenvalue weighted by molar-refractivity contribution is 5.48. The summed E-state index contributed by atoms with van der Waals surface area (Å²) in [5, 5.41) is 9.99. The van der Waals surface area contributed by atoms with Crippen LogP contribution in [0.2, 0.25) is 0 Å². The van der Waals surface area contributed by atoms with Crippen LogP contribution >= 0.6 is 0 Å². The Balaban J connectivity index is 1.39. The molecule has 1 aliphatic heterocycles. The minimum Gasteiger partial charge on any atom is -0.508 e. The van der Waals surface area contributed by atoms with Gasteiger partial charge < -0.3 is 9.84 Å². The Labute approximate surface area is 189 Å². The Morgan fingerprint density at radius 1 is 0.906 bits per heavy atom. The number of nitrogens with zero attached hydrogens (tertiary/aromatic N) is 1. The van der Waals surface area contributed by atoms with E-state index in [9.17, 15) is 9.50 Å². The van der Waals surface area contributed by atoms with Crippen LogP contribution in [-0.2, 0) is 6.42 Å². The summed E-state index contributed by atoms with van der Waals surface area (Å²) in [6.07, 6.45) is 4.45. The van der Waals surface area contributed by atoms with Gasteiger partial charge in [-0.05, 0) is 103 Å². The van der Waals surface area contributed by atoms with Crippen molar-refractivity contribution in [2.24, 2.45) is 0 Å². The highest BCUT2D eigenvalue weighted by atomic mass is 19.1. The molecule has 0 unspecified atom stereocenters. The number of benzene rings is 3. The van der Waals surface area contributed by atoms with Crippen molar-refractivity contribution < 1.29 is 14.2 Å². The van der Waals surface area contributed by atoms with E-state index in [0.29, 0.717) is 12.4 Å². The minimum atomic E-state index is -0.207. The fraction of sp³-hybridized carbons (Fsp3) is 0.357. The lowest BCUT2D eigenvalue weighted by Gasteiger charge is -2.35. The Kier molecular flexibility index (Phi) is 6.13. The molecular weight excluding hydrogens is 401 g/mol. The van der Waals surface area contributed by atoms with Gasteiger partial charge in [0, 0.05) is 12.5 Å². The number of hydrogen-bond donors (Lipinski definition) is 1. The first-order chi connectivity index (χ1) is 15.7. The molecule has 0 spiro atoms. The zero-order valence-electron chi connectivity index (χ0n) is 18.3. The smallest absolute Gasteiger partial charge is 0.123 e. The van der Waals surface area contributed by atoms with Gasteiger partial charge in [-0.15, -0.1) is 0 Å². The van der Waals surface area contributed by atoms with Gasteiger partial charge in [0.1, 0.15) is 23.9 Å². The summed E-state index contributed by atoms with van der Waals surface area (Å²) in [6, 6.07) is 21.1. The van der Waals surface area contributed by atoms with E-state index in [1.807, 2.05) is 24.3 Å². The molecule has 1 fully saturated rings. The van der Waals surface area contributed by atoms with E-state index in [1.54, 1.807) is 18.2 Å². The van der Waals surface area contributed by atoms with Crippen LogP contribution in [0, 0.1) is 5.82 Å². The van der Waals surface area contributed by atoms with Gasteiger partial charge in [-0.1, -0.05) is 30.3 Å². The zero-order chi connectivity index (χ0) is 21.9. The highest BCUT2D eigenvalue weighted by Crippen LogP contribution is 2.47. The van der Waals surface area contributed by atoms with E-state index in [2.05, 4.69) is 29.2 Å². The van der Waals surface area contributed by atoms with Crippen LogP contribution in [0.3, 0.4) is 0 Å². The summed E-state index contributed by atoms with van der Waals surface area (Å²) in [5.41, 5.74) is 4.81. The van der Waals surface area contributed by atoms with Gasteiger partial charge in [0.2, 0.25) is 0 Å². The summed E-state index contributed by atoms with van der Waals surface area (Å²) in [4.78, 5) is 2.45. The summed E-state index contributed by atoms with van der Waals surface area (Å²) in [5.74, 6) is 1.41. The largest absolute Gasteiger partial charge is 0.508 e. The number of halogens is 1. The van der Waals surface area contributed by atoms with Crippen molar-refractivity contribution in [1.29, 1.82) is 0 Å². The lowest BCUT2D eigenvalue weighted by Crippen LogP contribution is -2.25. The Morgan fingerprint density at radius 2 is 1.62 bits per heavy atom. The maximum atomic E-state index is 13.6. The molecule has 3 aromatic carbocycles. The van der Waals surface area contributed by atoms with Crippen LogP contribution in [0.1, 0.15) is 53.4 Å². The van der Waals surface area contributed by atoms with E-state index in [1.165, 1.54) is 42.6 Å². The van der Waals surface area contributed by atoms with Gasteiger partial charge >= 0.3 is 0 Å². The minimum absolute atomic E-state index is 0.156. The number of fused-ring (bicyclic) bond motifs is 1. The molecule has 4 heteroatoms. The quantitative estimate of drug-likeness (QED) is 0.530. The standard InChI is InChI=1S/C28H30FNO2/c29-23-8-3-20(4-9-23)26-13-7-22-19-24(31)10-14-27(22)28(26)21-5-11-25(12-6-21)32-18-17-30-15-1-2-16-30/h3-6,8-12,14,19,26,28,31H,1-2,7,13,15-18H2/t26-,28+/m1/s1. The Bertz CT molecular complexity index is 1040. The van der Waals surface area contributed by atoms with Crippen LogP contribution in [0.15, 0.2) is 66.7 Å². The van der Waals surface area contributed by atoms with Crippen LogP contribution in [0.5, 0.6) is 11.5 Å². The maximum absolute atomic E-state index is 13.6. The van der Waals surface area contributed by atoms with Crippen molar-refractivity contribution in [3.05, 3.63) is 94.8 Å². The number of likely N-dealkylation sites (tertiary alicyclic amines) is 1. The molecule has 166 valence electrons. The summed E-state index contributed by atoms with van der Waals surface area (Å²) in [7, 11) is 0. The first-order valence-corrected chi connectivity index (χ1v) is 11.7. The highest BCUT2D eigenvalue weighted by Gasteiger charge is 2.32. The van der Waals surface area contributed by atoms with Crippen molar-refractivity contribution in [3.63, 3.8) is 0 Å². The second-order valence-corrected chi connectivity index (χ2v) is 9.02. The third kappa shape index (κ3) is 4.51. The molecule has 0 aromatic heterocycles. The number of phenolic OH excluding ortho intramolecular Hbond substituents is 1. The van der Waals surface area contributed by atoms with E-state index < -0.39 is 0 Å². The average molecular weight is 432 g/mol. The van der Waals surface area contributed by atoms with Gasteiger partial charge in [-0.2, -0.15) is 0 Å². The van der Waals surface area contributed by atoms with Gasteiger partial charge in [0.05, 0.1) is 0 Å². The second-order valence-electron chi connectivity index (χ2n) is 9.02. The topological polar surface area (TPSA) is 32.7 Å². The molecule has 32 heavy (non-hydrogen) atoms. The molecule has 0 saturated carbocycles. The monoisotopic (exact) mass is 431 g/mol. The molecule has 1 N–H and O–H groups in total. The van der Waals surface area contributed by atoms with E-state index in [4.69, 9.17) is 4.74 Å². The van der Waals surface area contributed by atoms with Gasteiger partial charge in [-0.3, -0.25) is 4.90 Å². The third-order valence-electron chi connectivity index (χ3n) is 7.00. The molecule has 1 heterocycles. The number of aromatic hydroxyl groups is 1. The molecule has 2 atom stereocenters. The Morgan fingerprint density at radius 3 is 2.38 bits per heavy atom. The maximum Gasteiger partial charge on any atom is 0.123 e. The van der Waals surface area contributed by atoms with Gasteiger partial charge in [0.15, 0.2) is 0 Å². The lowest BCUT2D eigenvalue weighted by atomic mass is 9.69. The second kappa shape index (κ2) is 9.33. The van der Waals surface area contributed by atoms with Gasteiger partial charge in [-0.25, -0.2) is 4.39 Å². The first kappa shape index (κ1) is 21.0. The van der Waals surface area contributed by atoms with E-state index in [0.717, 1.165) is 30.7 Å². The molecule has 5 rings (SSSR count). The predicted molar refractivity (Wildman–Crippen MR) is 125 cm³/mol. The summed E-state index contributed by atoms with van der Waals surface area (Å²) < 4.78 is 19.6. The molecule has 3 aromatic rings. The SMILES string of the molecule is Oc1ccc2c(c1)CC[C@H](c1ccc(F)cc1)[C@@H]2c1ccc(OCCN2CCCC2)cc1. The first-order valence-electron chi connectivity index (χ1n) is 11.7. The normalized spacial score (nSPS) is 20.8. The van der Waals surface area contributed by atoms with Gasteiger partial charge in [0.25, 0.3) is 0 Å². The van der Waals surface area contributed by atoms with Crippen molar-refractivity contribution in [2.75, 3.05) is 26.2 Å². The third-order valence-corrected chi connectivity index (χ3v) is 7.00. The van der Waals surface area contributed by atoms with Crippen molar-refractivity contribution >= 4 is 0 Å². The fourth-order valence-corrected chi connectivity index (χ4v) is 5.36. The van der Waals surface area contributed by atoms with Crippen molar-refractivity contribution in [1.82, 2.24) is 4.90 Å². The Hall–Kier alpha value is -2.85. The average Bonchev–Trinajstić information content (AvgIpc) is 3.33. The van der Waals surface area contributed by atoms with Crippen molar-refractivity contribution in [2.45, 2.75) is 37.5 Å². The number of aryl methyl sites for hydroxylation is 1.